The molecule has 1 N–H and O–H groups in total. The van der Waals surface area contributed by atoms with Crippen molar-refractivity contribution in [3.63, 3.8) is 0 Å². The summed E-state index contributed by atoms with van der Waals surface area (Å²) in [6.45, 7) is 2.79. The molecule has 1 unspecified atom stereocenters. The molecular weight excluding hydrogens is 370 g/mol. The summed E-state index contributed by atoms with van der Waals surface area (Å²) >= 11 is 0. The van der Waals surface area contributed by atoms with Crippen LogP contribution in [0.5, 0.6) is 11.5 Å². The monoisotopic (exact) mass is 391 g/mol. The quantitative estimate of drug-likeness (QED) is 0.568. The Kier molecular flexibility index (Phi) is 5.56. The number of sulfone groups is 1. The van der Waals surface area contributed by atoms with Crippen LogP contribution < -0.4 is 14.8 Å². The fraction of sp³-hybridized carbons (Fsp3) is 0.444. The van der Waals surface area contributed by atoms with Crippen LogP contribution in [0.2, 0.25) is 0 Å². The number of carbonyl (C=O) groups is 1. The minimum atomic E-state index is -3.04. The number of benzene rings is 1. The molecule has 1 aromatic rings. The predicted molar refractivity (Wildman–Crippen MR) is 97.5 cm³/mol. The van der Waals surface area contributed by atoms with Crippen LogP contribution >= 0.6 is 0 Å². The molecule has 0 spiro atoms. The molecule has 0 aromatic heterocycles. The molecule has 8 nitrogen and oxygen atoms in total. The second-order valence-corrected chi connectivity index (χ2v) is 8.64. The third-order valence-corrected chi connectivity index (χ3v) is 6.34. The summed E-state index contributed by atoms with van der Waals surface area (Å²) in [7, 11) is -3.04. The molecular formula is C18H21N3O5S. The van der Waals surface area contributed by atoms with Crippen molar-refractivity contribution >= 4 is 15.7 Å². The van der Waals surface area contributed by atoms with Crippen molar-refractivity contribution in [2.45, 2.75) is 25.9 Å². The molecule has 144 valence electrons. The minimum Gasteiger partial charge on any atom is -0.454 e. The van der Waals surface area contributed by atoms with E-state index in [0.717, 1.165) is 5.56 Å². The van der Waals surface area contributed by atoms with Crippen LogP contribution in [0, 0.1) is 11.3 Å². The SMILES string of the molecule is CCN(/C=C(/C#N)C(=O)NCc1ccc2c(c1)OCO2)C1CCS(=O)(=O)C1. The van der Waals surface area contributed by atoms with E-state index in [1.807, 2.05) is 19.1 Å². The maximum absolute atomic E-state index is 12.4. The van der Waals surface area contributed by atoms with E-state index in [1.54, 1.807) is 17.0 Å². The van der Waals surface area contributed by atoms with E-state index in [2.05, 4.69) is 5.32 Å². The van der Waals surface area contributed by atoms with Crippen LogP contribution in [-0.4, -0.2) is 50.1 Å². The molecule has 0 saturated carbocycles. The first-order valence-corrected chi connectivity index (χ1v) is 10.5. The first-order chi connectivity index (χ1) is 12.9. The first-order valence-electron chi connectivity index (χ1n) is 8.66. The Morgan fingerprint density at radius 1 is 1.41 bits per heavy atom. The van der Waals surface area contributed by atoms with Crippen molar-refractivity contribution in [2.75, 3.05) is 24.8 Å². The van der Waals surface area contributed by atoms with Gasteiger partial charge in [-0.2, -0.15) is 5.26 Å². The molecule has 1 fully saturated rings. The highest BCUT2D eigenvalue weighted by molar-refractivity contribution is 7.91. The van der Waals surface area contributed by atoms with Gasteiger partial charge in [0.1, 0.15) is 11.6 Å². The standard InChI is InChI=1S/C18H21N3O5S/c1-2-21(15-5-6-27(23,24)11-15)10-14(8-19)18(22)20-9-13-3-4-16-17(7-13)26-12-25-16/h3-4,7,10,15H,2,5-6,9,11-12H2,1H3,(H,20,22)/b14-10-. The molecule has 1 atom stereocenters. The van der Waals surface area contributed by atoms with Gasteiger partial charge in [-0.25, -0.2) is 8.42 Å². The van der Waals surface area contributed by atoms with Crippen molar-refractivity contribution in [3.8, 4) is 17.6 Å². The number of amides is 1. The molecule has 1 saturated heterocycles. The number of hydrogen-bond donors (Lipinski definition) is 1. The maximum atomic E-state index is 12.4. The number of nitrogens with one attached hydrogen (secondary N) is 1. The van der Waals surface area contributed by atoms with Crippen molar-refractivity contribution in [3.05, 3.63) is 35.5 Å². The van der Waals surface area contributed by atoms with E-state index in [0.29, 0.717) is 24.5 Å². The van der Waals surface area contributed by atoms with E-state index < -0.39 is 15.7 Å². The summed E-state index contributed by atoms with van der Waals surface area (Å²) in [6, 6.07) is 7.06. The van der Waals surface area contributed by atoms with Gasteiger partial charge in [-0.1, -0.05) is 6.07 Å². The van der Waals surface area contributed by atoms with Crippen molar-refractivity contribution in [1.29, 1.82) is 5.26 Å². The summed E-state index contributed by atoms with van der Waals surface area (Å²) in [6.07, 6.45) is 1.96. The number of carbonyl (C=O) groups excluding carboxylic acids is 1. The Bertz CT molecular complexity index is 904. The van der Waals surface area contributed by atoms with E-state index in [9.17, 15) is 18.5 Å². The van der Waals surface area contributed by atoms with Crippen molar-refractivity contribution < 1.29 is 22.7 Å². The van der Waals surface area contributed by atoms with Gasteiger partial charge in [0.2, 0.25) is 6.79 Å². The lowest BCUT2D eigenvalue weighted by molar-refractivity contribution is -0.117. The highest BCUT2D eigenvalue weighted by Gasteiger charge is 2.31. The van der Waals surface area contributed by atoms with E-state index in [4.69, 9.17) is 9.47 Å². The van der Waals surface area contributed by atoms with Gasteiger partial charge in [0.25, 0.3) is 5.91 Å². The zero-order valence-corrected chi connectivity index (χ0v) is 15.8. The summed E-state index contributed by atoms with van der Waals surface area (Å²) in [5.74, 6) is 0.967. The summed E-state index contributed by atoms with van der Waals surface area (Å²) in [5.41, 5.74) is 0.765. The van der Waals surface area contributed by atoms with Gasteiger partial charge in [-0.05, 0) is 31.0 Å². The Hall–Kier alpha value is -2.73. The molecule has 1 amide bonds. The molecule has 2 aliphatic rings. The van der Waals surface area contributed by atoms with Gasteiger partial charge in [-0.15, -0.1) is 0 Å². The number of hydrogen-bond acceptors (Lipinski definition) is 7. The molecule has 9 heteroatoms. The van der Waals surface area contributed by atoms with Crippen LogP contribution in [0.3, 0.4) is 0 Å². The van der Waals surface area contributed by atoms with E-state index >= 15 is 0 Å². The lowest BCUT2D eigenvalue weighted by Crippen LogP contribution is -2.33. The molecule has 2 heterocycles. The smallest absolute Gasteiger partial charge is 0.263 e. The lowest BCUT2D eigenvalue weighted by atomic mass is 10.2. The molecule has 0 radical (unpaired) electrons. The Labute approximate surface area is 158 Å². The molecule has 0 bridgehead atoms. The number of fused-ring (bicyclic) bond motifs is 1. The summed E-state index contributed by atoms with van der Waals surface area (Å²) < 4.78 is 33.9. The van der Waals surface area contributed by atoms with Crippen molar-refractivity contribution in [2.24, 2.45) is 0 Å². The van der Waals surface area contributed by atoms with Gasteiger partial charge in [-0.3, -0.25) is 4.79 Å². The highest BCUT2D eigenvalue weighted by atomic mass is 32.2. The van der Waals surface area contributed by atoms with Gasteiger partial charge in [0.05, 0.1) is 11.5 Å². The fourth-order valence-corrected chi connectivity index (χ4v) is 4.87. The second-order valence-electron chi connectivity index (χ2n) is 6.41. The molecule has 27 heavy (non-hydrogen) atoms. The average molecular weight is 391 g/mol. The number of nitriles is 1. The van der Waals surface area contributed by atoms with Crippen LogP contribution in [0.4, 0.5) is 0 Å². The maximum Gasteiger partial charge on any atom is 0.263 e. The Balaban J connectivity index is 1.64. The Morgan fingerprint density at radius 3 is 2.85 bits per heavy atom. The van der Waals surface area contributed by atoms with Gasteiger partial charge in [0, 0.05) is 25.3 Å². The van der Waals surface area contributed by atoms with Gasteiger partial charge < -0.3 is 19.7 Å². The molecule has 2 aliphatic heterocycles. The summed E-state index contributed by atoms with van der Waals surface area (Å²) in [4.78, 5) is 14.1. The van der Waals surface area contributed by atoms with Gasteiger partial charge in [0.15, 0.2) is 21.3 Å². The van der Waals surface area contributed by atoms with Crippen LogP contribution in [0.25, 0.3) is 0 Å². The topological polar surface area (TPSA) is 109 Å². The third-order valence-electron chi connectivity index (χ3n) is 4.59. The highest BCUT2D eigenvalue weighted by Crippen LogP contribution is 2.32. The van der Waals surface area contributed by atoms with E-state index in [-0.39, 0.29) is 36.5 Å². The molecule has 3 rings (SSSR count). The zero-order chi connectivity index (χ0) is 19.4. The Morgan fingerprint density at radius 2 is 2.19 bits per heavy atom. The predicted octanol–water partition coefficient (Wildman–Crippen LogP) is 0.948. The second kappa shape index (κ2) is 7.88. The van der Waals surface area contributed by atoms with Crippen LogP contribution in [-0.2, 0) is 21.2 Å². The van der Waals surface area contributed by atoms with Gasteiger partial charge >= 0.3 is 0 Å². The first kappa shape index (κ1) is 19.0. The molecule has 0 aliphatic carbocycles. The zero-order valence-electron chi connectivity index (χ0n) is 15.0. The largest absolute Gasteiger partial charge is 0.454 e. The van der Waals surface area contributed by atoms with Crippen molar-refractivity contribution in [1.82, 2.24) is 10.2 Å². The number of nitrogens with zero attached hydrogens (tertiary/aromatic N) is 2. The van der Waals surface area contributed by atoms with Crippen LogP contribution in [0.1, 0.15) is 18.9 Å². The van der Waals surface area contributed by atoms with Crippen LogP contribution in [0.15, 0.2) is 30.0 Å². The molecule has 1 aromatic carbocycles. The lowest BCUT2D eigenvalue weighted by Gasteiger charge is -2.25. The number of ether oxygens (including phenoxy) is 2. The third kappa shape index (κ3) is 4.52. The summed E-state index contributed by atoms with van der Waals surface area (Å²) in [5, 5.41) is 12.1. The average Bonchev–Trinajstić information content (AvgIpc) is 3.26. The normalized spacial score (nSPS) is 20.1. The fourth-order valence-electron chi connectivity index (χ4n) is 3.12. The number of rotatable bonds is 6. The minimum absolute atomic E-state index is 0.0505. The van der Waals surface area contributed by atoms with E-state index in [1.165, 1.54) is 6.20 Å².